The van der Waals surface area contributed by atoms with Gasteiger partial charge >= 0.3 is 5.97 Å². The van der Waals surface area contributed by atoms with Crippen LogP contribution in [0.25, 0.3) is 0 Å². The molecule has 1 heterocycles. The molecule has 0 bridgehead atoms. The third-order valence-electron chi connectivity index (χ3n) is 2.33. The molecule has 0 saturated carbocycles. The fraction of sp³-hybridized carbons (Fsp3) is 0.556. The Labute approximate surface area is 93.8 Å². The molecule has 1 unspecified atom stereocenters. The van der Waals surface area contributed by atoms with Gasteiger partial charge in [-0.3, -0.25) is 9.48 Å². The Hall–Kier alpha value is -1.37. The van der Waals surface area contributed by atoms with Crippen LogP contribution in [0.3, 0.4) is 0 Å². The summed E-state index contributed by atoms with van der Waals surface area (Å²) in [5, 5.41) is 11.3. The number of hydrogen-bond acceptors (Lipinski definition) is 4. The third kappa shape index (κ3) is 2.60. The highest BCUT2D eigenvalue weighted by Gasteiger charge is 2.28. The van der Waals surface area contributed by atoms with Gasteiger partial charge in [-0.1, -0.05) is 0 Å². The average Bonchev–Trinajstić information content (AvgIpc) is 2.43. The summed E-state index contributed by atoms with van der Waals surface area (Å²) in [5.74, 6) is -1.64. The largest absolute Gasteiger partial charge is 0.480 e. The Bertz CT molecular complexity index is 504. The first kappa shape index (κ1) is 12.7. The molecule has 0 saturated heterocycles. The standard InChI is InChI=1S/C9H14N2O4S/c1-6-4-8(11(3)10-6)5-16(14,15)7(2)9(12)13/h4,7H,5H2,1-3H3,(H,12,13). The molecule has 16 heavy (non-hydrogen) atoms. The van der Waals surface area contributed by atoms with Crippen LogP contribution in [-0.2, 0) is 27.4 Å². The zero-order valence-corrected chi connectivity index (χ0v) is 10.2. The number of aromatic nitrogens is 2. The summed E-state index contributed by atoms with van der Waals surface area (Å²) in [5.41, 5.74) is 1.20. The number of aliphatic carboxylic acids is 1. The lowest BCUT2D eigenvalue weighted by atomic mass is 10.4. The van der Waals surface area contributed by atoms with Crippen LogP contribution < -0.4 is 0 Å². The first-order chi connectivity index (χ1) is 7.24. The van der Waals surface area contributed by atoms with Gasteiger partial charge in [-0.05, 0) is 19.9 Å². The van der Waals surface area contributed by atoms with E-state index in [0.29, 0.717) is 11.4 Å². The van der Waals surface area contributed by atoms with Crippen molar-refractivity contribution in [1.29, 1.82) is 0 Å². The van der Waals surface area contributed by atoms with Crippen LogP contribution in [0, 0.1) is 6.92 Å². The molecule has 0 spiro atoms. The predicted molar refractivity (Wildman–Crippen MR) is 57.7 cm³/mol. The number of carbonyl (C=O) groups is 1. The molecule has 90 valence electrons. The molecule has 0 aliphatic rings. The number of rotatable bonds is 4. The molecule has 1 aromatic rings. The molecular formula is C9H14N2O4S. The smallest absolute Gasteiger partial charge is 0.321 e. The van der Waals surface area contributed by atoms with Crippen molar-refractivity contribution >= 4 is 15.8 Å². The molecule has 7 heteroatoms. The zero-order chi connectivity index (χ0) is 12.5. The average molecular weight is 246 g/mol. The molecule has 0 aliphatic carbocycles. The Morgan fingerprint density at radius 3 is 2.56 bits per heavy atom. The van der Waals surface area contributed by atoms with E-state index in [2.05, 4.69) is 5.10 Å². The number of carboxylic acids is 1. The van der Waals surface area contributed by atoms with Gasteiger partial charge in [0.2, 0.25) is 0 Å². The van der Waals surface area contributed by atoms with Gasteiger partial charge in [0, 0.05) is 7.05 Å². The molecule has 1 N–H and O–H groups in total. The first-order valence-electron chi connectivity index (χ1n) is 4.68. The van der Waals surface area contributed by atoms with E-state index in [1.807, 2.05) is 0 Å². The van der Waals surface area contributed by atoms with E-state index in [-0.39, 0.29) is 5.75 Å². The lowest BCUT2D eigenvalue weighted by molar-refractivity contribution is -0.136. The van der Waals surface area contributed by atoms with Crippen LogP contribution in [-0.4, -0.2) is 34.5 Å². The Morgan fingerprint density at radius 1 is 1.62 bits per heavy atom. The first-order valence-corrected chi connectivity index (χ1v) is 6.39. The second kappa shape index (κ2) is 4.25. The second-order valence-electron chi connectivity index (χ2n) is 3.69. The predicted octanol–water partition coefficient (Wildman–Crippen LogP) is 0.116. The fourth-order valence-electron chi connectivity index (χ4n) is 1.28. The van der Waals surface area contributed by atoms with Gasteiger partial charge in [-0.2, -0.15) is 5.10 Å². The van der Waals surface area contributed by atoms with Crippen LogP contribution in [0.5, 0.6) is 0 Å². The summed E-state index contributed by atoms with van der Waals surface area (Å²) in [6.07, 6.45) is 0. The highest BCUT2D eigenvalue weighted by atomic mass is 32.2. The van der Waals surface area contributed by atoms with Gasteiger partial charge in [0.25, 0.3) is 0 Å². The maximum absolute atomic E-state index is 11.7. The normalized spacial score (nSPS) is 13.7. The van der Waals surface area contributed by atoms with Gasteiger partial charge in [-0.25, -0.2) is 8.42 Å². The summed E-state index contributed by atoms with van der Waals surface area (Å²) in [4.78, 5) is 10.6. The van der Waals surface area contributed by atoms with Crippen LogP contribution in [0.2, 0.25) is 0 Å². The third-order valence-corrected chi connectivity index (χ3v) is 4.31. The van der Waals surface area contributed by atoms with Crippen molar-refractivity contribution in [2.24, 2.45) is 7.05 Å². The van der Waals surface area contributed by atoms with Crippen molar-refractivity contribution in [2.45, 2.75) is 24.9 Å². The summed E-state index contributed by atoms with van der Waals surface area (Å²) < 4.78 is 24.8. The summed E-state index contributed by atoms with van der Waals surface area (Å²) >= 11 is 0. The Morgan fingerprint density at radius 2 is 2.19 bits per heavy atom. The highest BCUT2D eigenvalue weighted by Crippen LogP contribution is 2.12. The quantitative estimate of drug-likeness (QED) is 0.814. The molecule has 0 fully saturated rings. The molecule has 1 aromatic heterocycles. The highest BCUT2D eigenvalue weighted by molar-refractivity contribution is 7.91. The van der Waals surface area contributed by atoms with Gasteiger partial charge < -0.3 is 5.11 Å². The number of aryl methyl sites for hydroxylation is 2. The molecule has 6 nitrogen and oxygen atoms in total. The van der Waals surface area contributed by atoms with E-state index in [9.17, 15) is 13.2 Å². The van der Waals surface area contributed by atoms with E-state index >= 15 is 0 Å². The minimum Gasteiger partial charge on any atom is -0.480 e. The number of sulfone groups is 1. The monoisotopic (exact) mass is 246 g/mol. The van der Waals surface area contributed by atoms with Crippen LogP contribution in [0.15, 0.2) is 6.07 Å². The van der Waals surface area contributed by atoms with Gasteiger partial charge in [-0.15, -0.1) is 0 Å². The Kier molecular flexibility index (Phi) is 3.37. The maximum atomic E-state index is 11.7. The minimum atomic E-state index is -3.68. The summed E-state index contributed by atoms with van der Waals surface area (Å²) in [6, 6.07) is 1.63. The zero-order valence-electron chi connectivity index (χ0n) is 9.34. The van der Waals surface area contributed by atoms with Gasteiger partial charge in [0.15, 0.2) is 15.1 Å². The summed E-state index contributed by atoms with van der Waals surface area (Å²) in [6.45, 7) is 2.91. The molecule has 0 radical (unpaired) electrons. The number of carboxylic acid groups (broad SMARTS) is 1. The van der Waals surface area contributed by atoms with Crippen molar-refractivity contribution in [3.05, 3.63) is 17.5 Å². The lowest BCUT2D eigenvalue weighted by Crippen LogP contribution is -2.28. The second-order valence-corrected chi connectivity index (χ2v) is 6.01. The molecule has 0 amide bonds. The Balaban J connectivity index is 2.97. The summed E-state index contributed by atoms with van der Waals surface area (Å²) in [7, 11) is -2.05. The van der Waals surface area contributed by atoms with Gasteiger partial charge in [0.1, 0.15) is 0 Å². The van der Waals surface area contributed by atoms with E-state index < -0.39 is 21.1 Å². The number of nitrogens with zero attached hydrogens (tertiary/aromatic N) is 2. The van der Waals surface area contributed by atoms with Gasteiger partial charge in [0.05, 0.1) is 17.1 Å². The van der Waals surface area contributed by atoms with Crippen LogP contribution >= 0.6 is 0 Å². The van der Waals surface area contributed by atoms with Crippen molar-refractivity contribution < 1.29 is 18.3 Å². The number of hydrogen-bond donors (Lipinski definition) is 1. The molecule has 1 rings (SSSR count). The lowest BCUT2D eigenvalue weighted by Gasteiger charge is -2.08. The molecule has 0 aliphatic heterocycles. The van der Waals surface area contributed by atoms with E-state index in [1.54, 1.807) is 20.0 Å². The molecular weight excluding hydrogens is 232 g/mol. The topological polar surface area (TPSA) is 89.3 Å². The molecule has 0 aromatic carbocycles. The SMILES string of the molecule is Cc1cc(CS(=O)(=O)C(C)C(=O)O)n(C)n1. The van der Waals surface area contributed by atoms with E-state index in [1.165, 1.54) is 11.6 Å². The van der Waals surface area contributed by atoms with Crippen molar-refractivity contribution in [1.82, 2.24) is 9.78 Å². The van der Waals surface area contributed by atoms with E-state index in [0.717, 1.165) is 0 Å². The maximum Gasteiger partial charge on any atom is 0.321 e. The van der Waals surface area contributed by atoms with Crippen LogP contribution in [0.1, 0.15) is 18.3 Å². The van der Waals surface area contributed by atoms with E-state index in [4.69, 9.17) is 5.11 Å². The van der Waals surface area contributed by atoms with Crippen molar-refractivity contribution in [3.63, 3.8) is 0 Å². The fourth-order valence-corrected chi connectivity index (χ4v) is 2.52. The van der Waals surface area contributed by atoms with Crippen molar-refractivity contribution in [2.75, 3.05) is 0 Å². The molecule has 1 atom stereocenters. The minimum absolute atomic E-state index is 0.308. The van der Waals surface area contributed by atoms with Crippen LogP contribution in [0.4, 0.5) is 0 Å². The van der Waals surface area contributed by atoms with Crippen molar-refractivity contribution in [3.8, 4) is 0 Å².